The zero-order chi connectivity index (χ0) is 14.7. The van der Waals surface area contributed by atoms with Crippen molar-refractivity contribution in [1.82, 2.24) is 10.3 Å². The number of aromatic nitrogens is 1. The lowest BCUT2D eigenvalue weighted by molar-refractivity contribution is -0.387. The van der Waals surface area contributed by atoms with E-state index in [2.05, 4.69) is 10.3 Å². The molecule has 0 unspecified atom stereocenters. The second-order valence-corrected chi connectivity index (χ2v) is 4.66. The second kappa shape index (κ2) is 5.70. The summed E-state index contributed by atoms with van der Waals surface area (Å²) < 4.78 is 26.9. The maximum atomic E-state index is 13.7. The van der Waals surface area contributed by atoms with Gasteiger partial charge in [0.05, 0.1) is 28.6 Å². The minimum absolute atomic E-state index is 0.0766. The molecule has 1 aromatic heterocycles. The highest BCUT2D eigenvalue weighted by Gasteiger charge is 2.24. The van der Waals surface area contributed by atoms with Crippen molar-refractivity contribution in [2.45, 2.75) is 6.54 Å². The number of halogens is 2. The van der Waals surface area contributed by atoms with Gasteiger partial charge in [-0.25, -0.2) is 4.39 Å². The third kappa shape index (κ3) is 2.94. The average molecular weight is 299 g/mol. The number of nitrogens with zero attached hydrogens (tertiary/aromatic N) is 2. The lowest BCUT2D eigenvalue weighted by atomic mass is 10.1. The molecule has 9 heteroatoms. The van der Waals surface area contributed by atoms with Crippen LogP contribution in [0.1, 0.15) is 15.2 Å². The molecule has 2 rings (SSSR count). The molecule has 6 nitrogen and oxygen atoms in total. The summed E-state index contributed by atoms with van der Waals surface area (Å²) in [7, 11) is 0. The first-order valence-electron chi connectivity index (χ1n) is 5.28. The topological polar surface area (TPSA) is 85.1 Å². The Morgan fingerprint density at radius 3 is 2.80 bits per heavy atom. The van der Waals surface area contributed by atoms with Crippen LogP contribution in [0.4, 0.5) is 14.5 Å². The Bertz CT molecular complexity index is 661. The Morgan fingerprint density at radius 2 is 2.20 bits per heavy atom. The molecule has 0 spiro atoms. The summed E-state index contributed by atoms with van der Waals surface area (Å²) in [6.45, 7) is 0.0766. The summed E-state index contributed by atoms with van der Waals surface area (Å²) in [6, 6.07) is 1.04. The molecule has 2 aromatic rings. The van der Waals surface area contributed by atoms with Crippen LogP contribution in [0.3, 0.4) is 0 Å². The number of nitro benzene ring substituents is 1. The molecular formula is C11H7F2N3O3S. The minimum atomic E-state index is -1.36. The average Bonchev–Trinajstić information content (AvgIpc) is 2.91. The van der Waals surface area contributed by atoms with Crippen LogP contribution < -0.4 is 5.32 Å². The van der Waals surface area contributed by atoms with Crippen molar-refractivity contribution in [2.24, 2.45) is 0 Å². The molecular weight excluding hydrogens is 292 g/mol. The molecule has 0 bridgehead atoms. The molecule has 104 valence electrons. The van der Waals surface area contributed by atoms with E-state index in [0.29, 0.717) is 17.0 Å². The van der Waals surface area contributed by atoms with Crippen molar-refractivity contribution >= 4 is 22.9 Å². The summed E-state index contributed by atoms with van der Waals surface area (Å²) in [5.41, 5.74) is -0.232. The van der Waals surface area contributed by atoms with Crippen LogP contribution in [-0.4, -0.2) is 15.8 Å². The zero-order valence-electron chi connectivity index (χ0n) is 9.80. The molecule has 0 aliphatic rings. The number of rotatable bonds is 4. The van der Waals surface area contributed by atoms with Crippen molar-refractivity contribution in [2.75, 3.05) is 0 Å². The molecule has 20 heavy (non-hydrogen) atoms. The highest BCUT2D eigenvalue weighted by molar-refractivity contribution is 7.09. The zero-order valence-corrected chi connectivity index (χ0v) is 10.6. The second-order valence-electron chi connectivity index (χ2n) is 3.69. The summed E-state index contributed by atoms with van der Waals surface area (Å²) in [4.78, 5) is 25.7. The molecule has 0 saturated heterocycles. The smallest absolute Gasteiger partial charge is 0.308 e. The lowest BCUT2D eigenvalue weighted by Gasteiger charge is -2.05. The number of carbonyl (C=O) groups is 1. The van der Waals surface area contributed by atoms with E-state index in [1.807, 2.05) is 0 Å². The van der Waals surface area contributed by atoms with Crippen molar-refractivity contribution in [3.8, 4) is 0 Å². The molecule has 1 aromatic carbocycles. The van der Waals surface area contributed by atoms with Crippen LogP contribution in [0.25, 0.3) is 0 Å². The van der Waals surface area contributed by atoms with Gasteiger partial charge in [0, 0.05) is 11.1 Å². The summed E-state index contributed by atoms with van der Waals surface area (Å²) in [6.07, 6.45) is 1.51. The monoisotopic (exact) mass is 299 g/mol. The largest absolute Gasteiger partial charge is 0.347 e. The van der Waals surface area contributed by atoms with Gasteiger partial charge in [-0.3, -0.25) is 19.9 Å². The van der Waals surface area contributed by atoms with Gasteiger partial charge in [-0.05, 0) is 6.07 Å². The maximum absolute atomic E-state index is 13.7. The van der Waals surface area contributed by atoms with Gasteiger partial charge in [-0.2, -0.15) is 4.39 Å². The molecule has 0 fully saturated rings. The van der Waals surface area contributed by atoms with Gasteiger partial charge in [0.1, 0.15) is 5.82 Å². The quantitative estimate of drug-likeness (QED) is 0.693. The fourth-order valence-electron chi connectivity index (χ4n) is 1.46. The number of amides is 1. The van der Waals surface area contributed by atoms with Gasteiger partial charge in [-0.1, -0.05) is 0 Å². The van der Waals surface area contributed by atoms with E-state index < -0.39 is 33.7 Å². The molecule has 0 atom stereocenters. The number of benzene rings is 1. The van der Waals surface area contributed by atoms with Crippen LogP contribution in [0, 0.1) is 21.7 Å². The van der Waals surface area contributed by atoms with E-state index in [9.17, 15) is 23.7 Å². The fraction of sp³-hybridized carbons (Fsp3) is 0.0909. The number of thiazole rings is 1. The first-order chi connectivity index (χ1) is 9.49. The van der Waals surface area contributed by atoms with Crippen LogP contribution in [0.5, 0.6) is 0 Å². The Hall–Kier alpha value is -2.42. The van der Waals surface area contributed by atoms with Crippen molar-refractivity contribution < 1.29 is 18.5 Å². The van der Waals surface area contributed by atoms with E-state index in [1.54, 1.807) is 5.51 Å². The SMILES string of the molecule is O=C(NCc1cncs1)c1cc(F)cc([N+](=O)[O-])c1F. The Kier molecular flexibility index (Phi) is 3.99. The number of carbonyl (C=O) groups excluding carboxylic acids is 1. The van der Waals surface area contributed by atoms with Gasteiger partial charge in [0.25, 0.3) is 5.91 Å². The molecule has 1 heterocycles. The lowest BCUT2D eigenvalue weighted by Crippen LogP contribution is -2.24. The highest BCUT2D eigenvalue weighted by atomic mass is 32.1. The normalized spacial score (nSPS) is 10.3. The molecule has 0 radical (unpaired) electrons. The van der Waals surface area contributed by atoms with Gasteiger partial charge >= 0.3 is 5.69 Å². The van der Waals surface area contributed by atoms with E-state index in [1.165, 1.54) is 17.5 Å². The maximum Gasteiger partial charge on any atom is 0.308 e. The Balaban J connectivity index is 2.23. The third-order valence-corrected chi connectivity index (χ3v) is 3.15. The Labute approximate surface area is 115 Å². The van der Waals surface area contributed by atoms with Crippen LogP contribution in [0.15, 0.2) is 23.8 Å². The molecule has 0 saturated carbocycles. The predicted molar refractivity (Wildman–Crippen MR) is 66.3 cm³/mol. The van der Waals surface area contributed by atoms with E-state index in [4.69, 9.17) is 0 Å². The number of nitrogens with one attached hydrogen (secondary N) is 1. The van der Waals surface area contributed by atoms with Crippen LogP contribution >= 0.6 is 11.3 Å². The van der Waals surface area contributed by atoms with E-state index in [0.717, 1.165) is 0 Å². The number of hydrogen-bond acceptors (Lipinski definition) is 5. The van der Waals surface area contributed by atoms with E-state index >= 15 is 0 Å². The summed E-state index contributed by atoms with van der Waals surface area (Å²) in [5.74, 6) is -3.35. The molecule has 1 N–H and O–H groups in total. The minimum Gasteiger partial charge on any atom is -0.347 e. The molecule has 0 aliphatic heterocycles. The Morgan fingerprint density at radius 1 is 1.45 bits per heavy atom. The number of nitro groups is 1. The van der Waals surface area contributed by atoms with Gasteiger partial charge in [-0.15, -0.1) is 11.3 Å². The van der Waals surface area contributed by atoms with Crippen molar-refractivity contribution in [1.29, 1.82) is 0 Å². The van der Waals surface area contributed by atoms with Gasteiger partial charge in [0.15, 0.2) is 0 Å². The molecule has 0 aliphatic carbocycles. The highest BCUT2D eigenvalue weighted by Crippen LogP contribution is 2.22. The molecule has 1 amide bonds. The summed E-state index contributed by atoms with van der Waals surface area (Å²) >= 11 is 1.27. The third-order valence-electron chi connectivity index (χ3n) is 2.37. The van der Waals surface area contributed by atoms with Crippen LogP contribution in [0.2, 0.25) is 0 Å². The van der Waals surface area contributed by atoms with Gasteiger partial charge < -0.3 is 5.32 Å². The van der Waals surface area contributed by atoms with Gasteiger partial charge in [0.2, 0.25) is 5.82 Å². The fourth-order valence-corrected chi connectivity index (χ4v) is 2.00. The van der Waals surface area contributed by atoms with Crippen molar-refractivity contribution in [3.05, 3.63) is 56.0 Å². The predicted octanol–water partition coefficient (Wildman–Crippen LogP) is 2.26. The van der Waals surface area contributed by atoms with Crippen molar-refractivity contribution in [3.63, 3.8) is 0 Å². The summed E-state index contributed by atoms with van der Waals surface area (Å²) in [5, 5.41) is 12.9. The first-order valence-corrected chi connectivity index (χ1v) is 6.16. The van der Waals surface area contributed by atoms with E-state index in [-0.39, 0.29) is 6.54 Å². The van der Waals surface area contributed by atoms with Crippen LogP contribution in [-0.2, 0) is 6.54 Å². The first kappa shape index (κ1) is 14.0. The number of hydrogen-bond donors (Lipinski definition) is 1. The standard InChI is InChI=1S/C11H7F2N3O3S/c12-6-1-8(10(13)9(2-6)16(18)19)11(17)15-4-7-3-14-5-20-7/h1-3,5H,4H2,(H,15,17).